The van der Waals surface area contributed by atoms with Crippen molar-refractivity contribution in [3.05, 3.63) is 184 Å². The number of hydrogen-bond donors (Lipinski definition) is 10. The van der Waals surface area contributed by atoms with Gasteiger partial charge in [-0.2, -0.15) is 0 Å². The molecule has 4 aliphatic carbocycles. The van der Waals surface area contributed by atoms with Gasteiger partial charge < -0.3 is 56.3 Å². The molecule has 2 aliphatic heterocycles. The Balaban J connectivity index is 0.996. The minimum atomic E-state index is -1.88. The lowest BCUT2D eigenvalue weighted by molar-refractivity contribution is -0.142. The number of allylic oxidation sites excluding steroid dienone is 4. The van der Waals surface area contributed by atoms with Crippen LogP contribution in [0.15, 0.2) is 139 Å². The molecular formula is C78H92N4O9. The van der Waals surface area contributed by atoms with Gasteiger partial charge in [0.15, 0.2) is 29.2 Å². The fourth-order valence-electron chi connectivity index (χ4n) is 16.9. The largest absolute Gasteiger partial charge is 0.508 e. The van der Waals surface area contributed by atoms with Gasteiger partial charge in [0.2, 0.25) is 0 Å². The Morgan fingerprint density at radius 2 is 1.59 bits per heavy atom. The summed E-state index contributed by atoms with van der Waals surface area (Å²) in [5.74, 6) is 6.30. The van der Waals surface area contributed by atoms with Gasteiger partial charge in [0, 0.05) is 79.6 Å². The smallest absolute Gasteiger partial charge is 0.173 e. The summed E-state index contributed by atoms with van der Waals surface area (Å²) in [7, 11) is 1.50. The Kier molecular flexibility index (Phi) is 19.3. The Hall–Kier alpha value is -7.60. The molecule has 2 fully saturated rings. The molecule has 0 radical (unpaired) electrons. The Morgan fingerprint density at radius 3 is 2.38 bits per heavy atom. The molecule has 0 amide bonds. The van der Waals surface area contributed by atoms with Crippen molar-refractivity contribution in [1.29, 1.82) is 0 Å². The molecule has 91 heavy (non-hydrogen) atoms. The Bertz CT molecular complexity index is 3790. The molecule has 9 bridgehead atoms. The van der Waals surface area contributed by atoms with Crippen LogP contribution in [0, 0.1) is 58.7 Å². The van der Waals surface area contributed by atoms with Crippen molar-refractivity contribution in [1.82, 2.24) is 15.6 Å². The zero-order valence-electron chi connectivity index (χ0n) is 53.3. The summed E-state index contributed by atoms with van der Waals surface area (Å²) in [4.78, 5) is 33.9. The number of aryl methyl sites for hydroxylation is 1. The van der Waals surface area contributed by atoms with E-state index in [0.717, 1.165) is 101 Å². The highest BCUT2D eigenvalue weighted by molar-refractivity contribution is 6.06. The second-order valence-electron chi connectivity index (χ2n) is 27.7. The second-order valence-corrected chi connectivity index (χ2v) is 27.7. The summed E-state index contributed by atoms with van der Waals surface area (Å²) < 4.78 is 5.72. The van der Waals surface area contributed by atoms with E-state index < -0.39 is 47.6 Å². The fraction of sp³-hybridized carbons (Fsp3) is 0.462. The van der Waals surface area contributed by atoms with E-state index in [2.05, 4.69) is 108 Å². The number of phenolic OH excluding ortho intramolecular Hbond substituents is 3. The molecule has 5 aromatic carbocycles. The summed E-state index contributed by atoms with van der Waals surface area (Å²) in [6, 6.07) is 31.5. The number of aliphatic hydroxyl groups excluding tert-OH is 3. The number of methoxy groups -OCH3 is 1. The van der Waals surface area contributed by atoms with Gasteiger partial charge in [-0.25, -0.2) is 0 Å². The van der Waals surface area contributed by atoms with Crippen LogP contribution in [0.3, 0.4) is 0 Å². The Labute approximate surface area is 536 Å². The number of carbonyl (C=O) groups is 2. The number of aromatic nitrogens is 1. The van der Waals surface area contributed by atoms with Crippen molar-refractivity contribution in [2.45, 2.75) is 153 Å². The summed E-state index contributed by atoms with van der Waals surface area (Å²) in [6.45, 7) is 8.10. The molecule has 1 aromatic heterocycles. The number of fused-ring (bicyclic) bond motifs is 11. The van der Waals surface area contributed by atoms with Gasteiger partial charge in [-0.05, 0) is 197 Å². The van der Waals surface area contributed by atoms with E-state index in [0.29, 0.717) is 68.6 Å². The molecule has 6 aromatic rings. The molecule has 10 N–H and O–H groups in total. The van der Waals surface area contributed by atoms with Gasteiger partial charge in [0.05, 0.1) is 25.2 Å². The number of ketones is 2. The standard InChI is InChI=1S/C78H92N4O9/c1-5-11-64-55-34-58(78(27-8-9-28-78)57-26-29-80-74(39-57)82-59-23-20-49-16-19-54(75(88)69(49)40-59)36-62(84)45-79-43-47(3)56-35-60(81-44-56)41-71(64)86)33-52-21-24-66(67-42-72(87)73(91-4)38-53(67)22-25-70(85)77(90)76(89)68(52)37-55)65-15-7-6-14-63(65)51-18-17-50(46(2)30-51)31-48-12-10-13-61(83)32-48/h6-7,10,12-20,23,26,32,35,38-40,42,44,46-47,50-52,55,58,62,64,66,68,71,77,79-84,86-88,90H,5,8-9,11,22,25,27-31,33-34,36-37,41,43,45H2,1-4H3/t46-,47-,50-,51+,52+,55+,58-,62-,64-,66+,68+,71+,77+/m1/s1. The maximum atomic E-state index is 15.7. The van der Waals surface area contributed by atoms with Crippen molar-refractivity contribution in [2.24, 2.45) is 46.8 Å². The topological polar surface area (TPSA) is 217 Å². The van der Waals surface area contributed by atoms with Gasteiger partial charge in [0.1, 0.15) is 17.3 Å². The monoisotopic (exact) mass is 1230 g/mol. The second kappa shape index (κ2) is 27.7. The summed E-state index contributed by atoms with van der Waals surface area (Å²) in [5.41, 5.74) is 8.96. The molecular weight excluding hydrogens is 1140 g/mol. The minimum absolute atomic E-state index is 0.0307. The van der Waals surface area contributed by atoms with Crippen molar-refractivity contribution >= 4 is 28.0 Å². The first-order valence-corrected chi connectivity index (χ1v) is 33.7. The number of aromatic hydroxyl groups is 3. The van der Waals surface area contributed by atoms with Crippen LogP contribution in [0.5, 0.6) is 23.0 Å². The van der Waals surface area contributed by atoms with Crippen molar-refractivity contribution in [2.75, 3.05) is 32.1 Å². The summed E-state index contributed by atoms with van der Waals surface area (Å²) in [5, 5.41) is 82.7. The maximum Gasteiger partial charge on any atom is 0.173 e. The SMILES string of the molecule is CCC[C@@H]1[C@H]2C[C@@H](C[C@@H]3C#C[C@@H](c4ccccc4[C@H]4C=C[C@H](Cc5cccc(O)c5)[C@H](C)C4)c4cc(O)c(OC)cc4CCC(=O)[C@H](O)C(=O)[C@H]3C2)C2(CCCC2)C2=CCNC(=C2)Nc2ccc3ccc(c(O)c3c2)C[C@@H](O)CNC[C@@H](C)c2c[nH]c(c2)C[C@@H]1O. The molecule has 13 heteroatoms. The van der Waals surface area contributed by atoms with Crippen LogP contribution in [0.2, 0.25) is 0 Å². The fourth-order valence-corrected chi connectivity index (χ4v) is 16.9. The highest BCUT2D eigenvalue weighted by Gasteiger charge is 2.51. The number of anilines is 1. The van der Waals surface area contributed by atoms with Gasteiger partial charge >= 0.3 is 0 Å². The quantitative estimate of drug-likeness (QED) is 0.0410. The highest BCUT2D eigenvalue weighted by atomic mass is 16.5. The number of rotatable bonds is 7. The molecule has 3 heterocycles. The average Bonchev–Trinajstić information content (AvgIpc) is 1.78. The van der Waals surface area contributed by atoms with E-state index in [4.69, 9.17) is 4.74 Å². The van der Waals surface area contributed by atoms with Gasteiger partial charge in [-0.3, -0.25) is 9.59 Å². The molecule has 0 unspecified atom stereocenters. The normalized spacial score (nSPS) is 28.9. The van der Waals surface area contributed by atoms with Gasteiger partial charge in [0.25, 0.3) is 0 Å². The molecule has 13 nitrogen and oxygen atoms in total. The van der Waals surface area contributed by atoms with Crippen LogP contribution < -0.4 is 20.7 Å². The Morgan fingerprint density at radius 1 is 0.780 bits per heavy atom. The van der Waals surface area contributed by atoms with E-state index in [1.54, 1.807) is 18.2 Å². The minimum Gasteiger partial charge on any atom is -0.508 e. The zero-order valence-corrected chi connectivity index (χ0v) is 53.3. The third kappa shape index (κ3) is 13.7. The number of benzene rings is 5. The van der Waals surface area contributed by atoms with Crippen molar-refractivity contribution < 1.29 is 45.0 Å². The first-order valence-electron chi connectivity index (χ1n) is 33.7. The van der Waals surface area contributed by atoms with E-state index in [1.165, 1.54) is 12.7 Å². The van der Waals surface area contributed by atoms with Crippen LogP contribution in [0.4, 0.5) is 5.69 Å². The lowest BCUT2D eigenvalue weighted by Crippen LogP contribution is -2.40. The van der Waals surface area contributed by atoms with Crippen LogP contribution in [0.1, 0.15) is 154 Å². The predicted octanol–water partition coefficient (Wildman–Crippen LogP) is 12.7. The van der Waals surface area contributed by atoms with E-state index >= 15 is 4.79 Å². The van der Waals surface area contributed by atoms with E-state index in [1.807, 2.05) is 54.7 Å². The van der Waals surface area contributed by atoms with Gasteiger partial charge in [-0.15, -0.1) is 0 Å². The molecule has 2 saturated carbocycles. The van der Waals surface area contributed by atoms with E-state index in [9.17, 15) is 35.4 Å². The maximum absolute atomic E-state index is 15.7. The first-order chi connectivity index (χ1) is 44.1. The van der Waals surface area contributed by atoms with Crippen molar-refractivity contribution in [3.63, 3.8) is 0 Å². The van der Waals surface area contributed by atoms with E-state index in [-0.39, 0.29) is 83.2 Å². The van der Waals surface area contributed by atoms with Gasteiger partial charge in [-0.1, -0.05) is 125 Å². The number of aromatic amines is 1. The average molecular weight is 1230 g/mol. The number of ether oxygens (including phenoxy) is 1. The number of carbonyl (C=O) groups excluding carboxylic acids is 2. The molecule has 6 aliphatic rings. The number of dihydropyridines is 1. The number of aliphatic hydroxyl groups is 3. The number of phenols is 3. The lowest BCUT2D eigenvalue weighted by Gasteiger charge is -2.43. The number of Topliss-reactive ketones (excluding diaryl/α,β-unsaturated/α-hetero) is 2. The number of hydrogen-bond acceptors (Lipinski definition) is 12. The third-order valence-electron chi connectivity index (χ3n) is 21.8. The zero-order chi connectivity index (χ0) is 63.5. The first kappa shape index (κ1) is 63.5. The summed E-state index contributed by atoms with van der Waals surface area (Å²) >= 11 is 0. The van der Waals surface area contributed by atoms with Crippen LogP contribution in [-0.2, 0) is 35.3 Å². The number of β-amino-alcohol motifs (C(OH)–C–C–N with tert-alkyl or cyclic N) is 1. The summed E-state index contributed by atoms with van der Waals surface area (Å²) in [6.07, 6.45) is 17.1. The number of H-pyrrole nitrogens is 1. The van der Waals surface area contributed by atoms with Crippen LogP contribution >= 0.6 is 0 Å². The molecule has 13 atom stereocenters. The molecule has 1 spiro atoms. The lowest BCUT2D eigenvalue weighted by atomic mass is 9.62. The van der Waals surface area contributed by atoms with Crippen molar-refractivity contribution in [3.8, 4) is 34.8 Å². The predicted molar refractivity (Wildman–Crippen MR) is 358 cm³/mol. The molecule has 12 rings (SSSR count). The molecule has 478 valence electrons. The third-order valence-corrected chi connectivity index (χ3v) is 21.8. The molecule has 0 saturated heterocycles. The highest BCUT2D eigenvalue weighted by Crippen LogP contribution is 2.58. The number of nitrogens with one attached hydrogen (secondary N) is 4. The van der Waals surface area contributed by atoms with Crippen LogP contribution in [0.25, 0.3) is 10.8 Å². The van der Waals surface area contributed by atoms with Crippen LogP contribution in [-0.4, -0.2) is 92.2 Å².